The SMILES string of the molecule is NC1=NCCN1C1C=CCCC1. The molecule has 2 aliphatic rings. The summed E-state index contributed by atoms with van der Waals surface area (Å²) in [7, 11) is 0. The van der Waals surface area contributed by atoms with Gasteiger partial charge < -0.3 is 10.6 Å². The van der Waals surface area contributed by atoms with Crippen LogP contribution in [0.5, 0.6) is 0 Å². The van der Waals surface area contributed by atoms with Crippen molar-refractivity contribution in [2.45, 2.75) is 25.3 Å². The molecule has 12 heavy (non-hydrogen) atoms. The molecule has 0 spiro atoms. The highest BCUT2D eigenvalue weighted by Gasteiger charge is 2.21. The molecule has 0 amide bonds. The molecule has 0 radical (unpaired) electrons. The maximum atomic E-state index is 5.75. The highest BCUT2D eigenvalue weighted by molar-refractivity contribution is 5.80. The molecule has 2 N–H and O–H groups in total. The Morgan fingerprint density at radius 2 is 2.50 bits per heavy atom. The zero-order valence-electron chi connectivity index (χ0n) is 7.24. The molecule has 0 aromatic rings. The lowest BCUT2D eigenvalue weighted by Gasteiger charge is -2.28. The van der Waals surface area contributed by atoms with Crippen LogP contribution in [-0.4, -0.2) is 30.0 Å². The van der Waals surface area contributed by atoms with Gasteiger partial charge in [0.15, 0.2) is 5.96 Å². The van der Waals surface area contributed by atoms with Gasteiger partial charge in [-0.2, -0.15) is 0 Å². The summed E-state index contributed by atoms with van der Waals surface area (Å²) in [5.41, 5.74) is 5.75. The van der Waals surface area contributed by atoms with Crippen LogP contribution in [0.15, 0.2) is 17.1 Å². The molecule has 1 unspecified atom stereocenters. The summed E-state index contributed by atoms with van der Waals surface area (Å²) in [6.45, 7) is 1.87. The minimum absolute atomic E-state index is 0.519. The molecule has 1 heterocycles. The first-order valence-electron chi connectivity index (χ1n) is 4.61. The summed E-state index contributed by atoms with van der Waals surface area (Å²) in [5, 5.41) is 0. The van der Waals surface area contributed by atoms with Crippen LogP contribution in [0.2, 0.25) is 0 Å². The van der Waals surface area contributed by atoms with E-state index < -0.39 is 0 Å². The summed E-state index contributed by atoms with van der Waals surface area (Å²) in [6.07, 6.45) is 8.25. The Labute approximate surface area is 73.0 Å². The maximum Gasteiger partial charge on any atom is 0.191 e. The number of nitrogens with two attached hydrogens (primary N) is 1. The minimum Gasteiger partial charge on any atom is -0.370 e. The van der Waals surface area contributed by atoms with Gasteiger partial charge >= 0.3 is 0 Å². The monoisotopic (exact) mass is 165 g/mol. The number of hydrogen-bond donors (Lipinski definition) is 1. The van der Waals surface area contributed by atoms with Crippen LogP contribution >= 0.6 is 0 Å². The molecular weight excluding hydrogens is 150 g/mol. The van der Waals surface area contributed by atoms with E-state index in [1.54, 1.807) is 0 Å². The molecule has 0 saturated heterocycles. The molecule has 66 valence electrons. The Kier molecular flexibility index (Phi) is 2.02. The van der Waals surface area contributed by atoms with E-state index >= 15 is 0 Å². The first-order chi connectivity index (χ1) is 5.88. The predicted molar refractivity (Wildman–Crippen MR) is 50.0 cm³/mol. The van der Waals surface area contributed by atoms with Gasteiger partial charge in [0, 0.05) is 6.54 Å². The third-order valence-corrected chi connectivity index (χ3v) is 2.54. The smallest absolute Gasteiger partial charge is 0.191 e. The minimum atomic E-state index is 0.519. The molecule has 2 rings (SSSR count). The fourth-order valence-electron chi connectivity index (χ4n) is 1.87. The second kappa shape index (κ2) is 3.17. The van der Waals surface area contributed by atoms with Crippen molar-refractivity contribution in [1.82, 2.24) is 4.90 Å². The summed E-state index contributed by atoms with van der Waals surface area (Å²) in [4.78, 5) is 6.38. The van der Waals surface area contributed by atoms with Crippen molar-refractivity contribution < 1.29 is 0 Å². The Balaban J connectivity index is 2.03. The van der Waals surface area contributed by atoms with Crippen molar-refractivity contribution in [1.29, 1.82) is 0 Å². The van der Waals surface area contributed by atoms with Gasteiger partial charge in [0.25, 0.3) is 0 Å². The van der Waals surface area contributed by atoms with Crippen LogP contribution < -0.4 is 5.73 Å². The number of rotatable bonds is 1. The van der Waals surface area contributed by atoms with E-state index in [1.165, 1.54) is 19.3 Å². The van der Waals surface area contributed by atoms with Gasteiger partial charge in [-0.3, -0.25) is 4.99 Å². The lowest BCUT2D eigenvalue weighted by atomic mass is 10.0. The third-order valence-electron chi connectivity index (χ3n) is 2.54. The quantitative estimate of drug-likeness (QED) is 0.582. The Morgan fingerprint density at radius 3 is 3.08 bits per heavy atom. The van der Waals surface area contributed by atoms with Gasteiger partial charge in [0.1, 0.15) is 0 Å². The van der Waals surface area contributed by atoms with E-state index in [-0.39, 0.29) is 0 Å². The van der Waals surface area contributed by atoms with Crippen LogP contribution in [0.25, 0.3) is 0 Å². The topological polar surface area (TPSA) is 41.6 Å². The van der Waals surface area contributed by atoms with Gasteiger partial charge in [-0.05, 0) is 19.3 Å². The van der Waals surface area contributed by atoms with Gasteiger partial charge in [-0.25, -0.2) is 0 Å². The van der Waals surface area contributed by atoms with Gasteiger partial charge in [0.2, 0.25) is 0 Å². The molecule has 0 aromatic heterocycles. The van der Waals surface area contributed by atoms with Crippen LogP contribution in [0.4, 0.5) is 0 Å². The van der Waals surface area contributed by atoms with E-state index in [1.807, 2.05) is 0 Å². The molecule has 1 atom stereocenters. The highest BCUT2D eigenvalue weighted by Crippen LogP contribution is 2.17. The molecule has 0 aromatic carbocycles. The number of aliphatic imine (C=N–C) groups is 1. The van der Waals surface area contributed by atoms with Gasteiger partial charge in [-0.15, -0.1) is 0 Å². The molecule has 3 nitrogen and oxygen atoms in total. The molecule has 0 fully saturated rings. The first-order valence-corrected chi connectivity index (χ1v) is 4.61. The summed E-state index contributed by atoms with van der Waals surface area (Å²) < 4.78 is 0. The van der Waals surface area contributed by atoms with Crippen molar-refractivity contribution in [3.05, 3.63) is 12.2 Å². The number of allylic oxidation sites excluding steroid dienone is 1. The van der Waals surface area contributed by atoms with Gasteiger partial charge in [-0.1, -0.05) is 12.2 Å². The van der Waals surface area contributed by atoms with Crippen LogP contribution in [0.1, 0.15) is 19.3 Å². The van der Waals surface area contributed by atoms with Crippen molar-refractivity contribution in [2.75, 3.05) is 13.1 Å². The summed E-state index contributed by atoms with van der Waals surface area (Å²) in [6, 6.07) is 0.519. The van der Waals surface area contributed by atoms with E-state index in [4.69, 9.17) is 5.73 Å². The lowest BCUT2D eigenvalue weighted by molar-refractivity contribution is 0.353. The molecule has 1 aliphatic heterocycles. The average molecular weight is 165 g/mol. The number of guanidine groups is 1. The van der Waals surface area contributed by atoms with Crippen LogP contribution in [0.3, 0.4) is 0 Å². The average Bonchev–Trinajstić information content (AvgIpc) is 2.53. The Morgan fingerprint density at radius 1 is 1.58 bits per heavy atom. The summed E-state index contributed by atoms with van der Waals surface area (Å²) >= 11 is 0. The molecular formula is C9H15N3. The van der Waals surface area contributed by atoms with E-state index in [0.717, 1.165) is 19.0 Å². The zero-order valence-corrected chi connectivity index (χ0v) is 7.24. The standard InChI is InChI=1S/C9H15N3/c10-9-11-6-7-12(9)8-4-2-1-3-5-8/h2,4,8H,1,3,5-7H2,(H2,10,11). The van der Waals surface area contributed by atoms with Crippen molar-refractivity contribution in [3.8, 4) is 0 Å². The van der Waals surface area contributed by atoms with E-state index in [0.29, 0.717) is 6.04 Å². The van der Waals surface area contributed by atoms with Crippen LogP contribution in [0, 0.1) is 0 Å². The summed E-state index contributed by atoms with van der Waals surface area (Å²) in [5.74, 6) is 0.728. The van der Waals surface area contributed by atoms with Gasteiger partial charge in [0.05, 0.1) is 12.6 Å². The van der Waals surface area contributed by atoms with Crippen molar-refractivity contribution in [3.63, 3.8) is 0 Å². The van der Waals surface area contributed by atoms with Crippen LogP contribution in [-0.2, 0) is 0 Å². The maximum absolute atomic E-state index is 5.75. The molecule has 0 bridgehead atoms. The lowest BCUT2D eigenvalue weighted by Crippen LogP contribution is -2.41. The largest absolute Gasteiger partial charge is 0.370 e. The number of hydrogen-bond acceptors (Lipinski definition) is 3. The number of nitrogens with zero attached hydrogens (tertiary/aromatic N) is 2. The van der Waals surface area contributed by atoms with Crippen molar-refractivity contribution >= 4 is 5.96 Å². The van der Waals surface area contributed by atoms with Crippen molar-refractivity contribution in [2.24, 2.45) is 10.7 Å². The highest BCUT2D eigenvalue weighted by atomic mass is 15.3. The molecule has 3 heteroatoms. The molecule has 0 saturated carbocycles. The fourth-order valence-corrected chi connectivity index (χ4v) is 1.87. The Bertz CT molecular complexity index is 220. The molecule has 1 aliphatic carbocycles. The first kappa shape index (κ1) is 7.65. The third kappa shape index (κ3) is 1.31. The second-order valence-electron chi connectivity index (χ2n) is 3.36. The normalized spacial score (nSPS) is 29.2. The zero-order chi connectivity index (χ0) is 8.39. The fraction of sp³-hybridized carbons (Fsp3) is 0.667. The van der Waals surface area contributed by atoms with E-state index in [2.05, 4.69) is 22.0 Å². The predicted octanol–water partition coefficient (Wildman–Crippen LogP) is 0.725. The van der Waals surface area contributed by atoms with E-state index in [9.17, 15) is 0 Å². The Hall–Kier alpha value is -0.990. The second-order valence-corrected chi connectivity index (χ2v) is 3.36.